The number of hydrogen-bond acceptors (Lipinski definition) is 3. The number of cyclic esters (lactones) is 2. The molecule has 2 atom stereocenters. The lowest BCUT2D eigenvalue weighted by atomic mass is 9.83. The average molecular weight is 249 g/mol. The largest absolute Gasteiger partial charge is 0.385 e. The fourth-order valence-corrected chi connectivity index (χ4v) is 2.77. The summed E-state index contributed by atoms with van der Waals surface area (Å²) < 4.78 is 4.45. The zero-order valence-electron chi connectivity index (χ0n) is 7.96. The summed E-state index contributed by atoms with van der Waals surface area (Å²) in [4.78, 5) is 22.5. The van der Waals surface area contributed by atoms with Gasteiger partial charge in [0.1, 0.15) is 5.03 Å². The zero-order valence-corrected chi connectivity index (χ0v) is 9.48. The van der Waals surface area contributed by atoms with Crippen molar-refractivity contribution in [2.24, 2.45) is 5.92 Å². The van der Waals surface area contributed by atoms with E-state index in [1.165, 1.54) is 0 Å². The Morgan fingerprint density at radius 2 is 1.80 bits per heavy atom. The van der Waals surface area contributed by atoms with Crippen LogP contribution in [0, 0.1) is 5.92 Å². The molecule has 0 radical (unpaired) electrons. The first-order valence-corrected chi connectivity index (χ1v) is 5.73. The van der Waals surface area contributed by atoms with Crippen LogP contribution in [0.4, 0.5) is 0 Å². The standard InChI is InChI=1S/C10H10Cl2O3/c11-6-4-2-1-3-5(6)7-8(12)10(14)15-9(7)13/h5-6H,1-4H2. The fourth-order valence-electron chi connectivity index (χ4n) is 2.11. The molecule has 82 valence electrons. The lowest BCUT2D eigenvalue weighted by Gasteiger charge is -2.26. The second-order valence-corrected chi connectivity index (χ2v) is 4.75. The van der Waals surface area contributed by atoms with Gasteiger partial charge >= 0.3 is 11.9 Å². The Morgan fingerprint density at radius 3 is 2.33 bits per heavy atom. The smallest absolute Gasteiger partial charge is 0.358 e. The van der Waals surface area contributed by atoms with Gasteiger partial charge in [-0.3, -0.25) is 0 Å². The Hall–Kier alpha value is -0.540. The molecule has 2 unspecified atom stereocenters. The van der Waals surface area contributed by atoms with Crippen LogP contribution in [0.5, 0.6) is 0 Å². The third-order valence-electron chi connectivity index (χ3n) is 2.87. The Kier molecular flexibility index (Phi) is 3.03. The number of halogens is 2. The summed E-state index contributed by atoms with van der Waals surface area (Å²) in [5.74, 6) is -1.50. The minimum absolute atomic E-state index is 0.0856. The van der Waals surface area contributed by atoms with Crippen molar-refractivity contribution in [2.75, 3.05) is 0 Å². The molecule has 0 aromatic rings. The average Bonchev–Trinajstić information content (AvgIpc) is 2.43. The number of carbonyl (C=O) groups is 2. The van der Waals surface area contributed by atoms with E-state index in [-0.39, 0.29) is 21.9 Å². The molecule has 15 heavy (non-hydrogen) atoms. The molecule has 2 rings (SSSR count). The normalized spacial score (nSPS) is 32.1. The molecule has 1 saturated carbocycles. The van der Waals surface area contributed by atoms with E-state index >= 15 is 0 Å². The van der Waals surface area contributed by atoms with Gasteiger partial charge in [0.15, 0.2) is 0 Å². The second kappa shape index (κ2) is 4.14. The van der Waals surface area contributed by atoms with Crippen molar-refractivity contribution in [1.29, 1.82) is 0 Å². The highest BCUT2D eigenvalue weighted by atomic mass is 35.5. The van der Waals surface area contributed by atoms with Gasteiger partial charge < -0.3 is 4.74 Å². The molecular formula is C10H10Cl2O3. The summed E-state index contributed by atoms with van der Waals surface area (Å²) in [6.45, 7) is 0. The molecule has 0 aromatic heterocycles. The van der Waals surface area contributed by atoms with Crippen molar-refractivity contribution < 1.29 is 14.3 Å². The Morgan fingerprint density at radius 1 is 1.13 bits per heavy atom. The summed E-state index contributed by atoms with van der Waals surface area (Å²) in [6.07, 6.45) is 3.70. The molecular weight excluding hydrogens is 239 g/mol. The molecule has 0 N–H and O–H groups in total. The molecule has 3 nitrogen and oxygen atoms in total. The monoisotopic (exact) mass is 248 g/mol. The van der Waals surface area contributed by atoms with Gasteiger partial charge in [-0.15, -0.1) is 11.6 Å². The summed E-state index contributed by atoms with van der Waals surface area (Å²) >= 11 is 11.9. The van der Waals surface area contributed by atoms with E-state index in [0.29, 0.717) is 0 Å². The molecule has 2 aliphatic rings. The predicted molar refractivity (Wildman–Crippen MR) is 55.6 cm³/mol. The molecule has 0 saturated heterocycles. The van der Waals surface area contributed by atoms with E-state index in [2.05, 4.69) is 4.74 Å². The molecule has 1 aliphatic heterocycles. The third-order valence-corrected chi connectivity index (χ3v) is 3.75. The molecule has 0 amide bonds. The number of ether oxygens (including phenoxy) is 1. The van der Waals surface area contributed by atoms with Crippen LogP contribution in [0.25, 0.3) is 0 Å². The zero-order chi connectivity index (χ0) is 11.0. The molecule has 1 aliphatic carbocycles. The summed E-state index contributed by atoms with van der Waals surface area (Å²) in [7, 11) is 0. The Labute approximate surface area is 97.4 Å². The molecule has 0 bridgehead atoms. The fraction of sp³-hybridized carbons (Fsp3) is 0.600. The quantitative estimate of drug-likeness (QED) is 0.407. The van der Waals surface area contributed by atoms with Crippen LogP contribution < -0.4 is 0 Å². The van der Waals surface area contributed by atoms with Crippen LogP contribution >= 0.6 is 23.2 Å². The first kappa shape index (κ1) is 11.0. The van der Waals surface area contributed by atoms with Gasteiger partial charge in [-0.25, -0.2) is 9.59 Å². The maximum atomic E-state index is 11.4. The van der Waals surface area contributed by atoms with E-state index in [4.69, 9.17) is 23.2 Å². The number of carbonyl (C=O) groups excluding carboxylic acids is 2. The van der Waals surface area contributed by atoms with Crippen molar-refractivity contribution >= 4 is 35.1 Å². The van der Waals surface area contributed by atoms with Gasteiger partial charge in [0, 0.05) is 11.3 Å². The predicted octanol–water partition coefficient (Wildman–Crippen LogP) is 2.36. The number of esters is 2. The molecule has 1 fully saturated rings. The molecule has 5 heteroatoms. The molecule has 0 spiro atoms. The first-order valence-electron chi connectivity index (χ1n) is 4.91. The van der Waals surface area contributed by atoms with E-state index in [0.717, 1.165) is 25.7 Å². The van der Waals surface area contributed by atoms with Gasteiger partial charge in [-0.1, -0.05) is 24.4 Å². The van der Waals surface area contributed by atoms with Gasteiger partial charge in [0.2, 0.25) is 0 Å². The summed E-state index contributed by atoms with van der Waals surface area (Å²) in [5, 5.41) is -0.210. The Bertz CT molecular complexity index is 349. The highest BCUT2D eigenvalue weighted by Crippen LogP contribution is 2.38. The van der Waals surface area contributed by atoms with Crippen molar-refractivity contribution in [3.63, 3.8) is 0 Å². The first-order chi connectivity index (χ1) is 7.11. The summed E-state index contributed by atoms with van der Waals surface area (Å²) in [5.41, 5.74) is 0.279. The van der Waals surface area contributed by atoms with Crippen LogP contribution in [0.3, 0.4) is 0 Å². The Balaban J connectivity index is 2.29. The van der Waals surface area contributed by atoms with Crippen molar-refractivity contribution in [1.82, 2.24) is 0 Å². The van der Waals surface area contributed by atoms with Crippen LogP contribution in [0.1, 0.15) is 25.7 Å². The summed E-state index contributed by atoms with van der Waals surface area (Å²) in [6, 6.07) is 0. The number of rotatable bonds is 1. The minimum atomic E-state index is -0.744. The lowest BCUT2D eigenvalue weighted by Crippen LogP contribution is -2.24. The van der Waals surface area contributed by atoms with E-state index in [1.54, 1.807) is 0 Å². The number of hydrogen-bond donors (Lipinski definition) is 0. The minimum Gasteiger partial charge on any atom is -0.385 e. The van der Waals surface area contributed by atoms with Crippen LogP contribution in [-0.2, 0) is 14.3 Å². The van der Waals surface area contributed by atoms with Gasteiger partial charge in [-0.2, -0.15) is 0 Å². The third kappa shape index (κ3) is 1.91. The topological polar surface area (TPSA) is 43.4 Å². The van der Waals surface area contributed by atoms with E-state index in [1.807, 2.05) is 0 Å². The number of alkyl halides is 1. The van der Waals surface area contributed by atoms with Crippen molar-refractivity contribution in [3.05, 3.63) is 10.6 Å². The van der Waals surface area contributed by atoms with Crippen molar-refractivity contribution in [3.8, 4) is 0 Å². The highest BCUT2D eigenvalue weighted by molar-refractivity contribution is 6.46. The molecule has 0 aromatic carbocycles. The van der Waals surface area contributed by atoms with Gasteiger partial charge in [0.25, 0.3) is 0 Å². The second-order valence-electron chi connectivity index (χ2n) is 3.81. The van der Waals surface area contributed by atoms with E-state index < -0.39 is 11.9 Å². The maximum Gasteiger partial charge on any atom is 0.358 e. The highest BCUT2D eigenvalue weighted by Gasteiger charge is 2.40. The van der Waals surface area contributed by atoms with Crippen molar-refractivity contribution in [2.45, 2.75) is 31.1 Å². The van der Waals surface area contributed by atoms with Crippen LogP contribution in [-0.4, -0.2) is 17.3 Å². The van der Waals surface area contributed by atoms with Gasteiger partial charge in [0.05, 0.1) is 5.57 Å². The van der Waals surface area contributed by atoms with Gasteiger partial charge in [-0.05, 0) is 12.8 Å². The van der Waals surface area contributed by atoms with Crippen LogP contribution in [0.15, 0.2) is 10.6 Å². The van der Waals surface area contributed by atoms with E-state index in [9.17, 15) is 9.59 Å². The maximum absolute atomic E-state index is 11.4. The van der Waals surface area contributed by atoms with Crippen LogP contribution in [0.2, 0.25) is 0 Å². The molecule has 1 heterocycles. The lowest BCUT2D eigenvalue weighted by molar-refractivity contribution is -0.151. The SMILES string of the molecule is O=C1OC(=O)C(C2CCCCC2Cl)=C1Cl.